The number of hydrogen-bond acceptors (Lipinski definition) is 5. The molecule has 21 heavy (non-hydrogen) atoms. The number of ether oxygens (including phenoxy) is 3. The molecule has 0 saturated heterocycles. The van der Waals surface area contributed by atoms with Gasteiger partial charge >= 0.3 is 5.97 Å². The Kier molecular flexibility index (Phi) is 8.84. The van der Waals surface area contributed by atoms with E-state index in [2.05, 4.69) is 5.32 Å². The van der Waals surface area contributed by atoms with Crippen molar-refractivity contribution in [2.75, 3.05) is 47.2 Å². The van der Waals surface area contributed by atoms with Gasteiger partial charge in [-0.05, 0) is 38.6 Å². The minimum absolute atomic E-state index is 0.141. The molecule has 2 atom stereocenters. The topological polar surface area (TPSA) is 77.0 Å². The van der Waals surface area contributed by atoms with Crippen LogP contribution in [0.3, 0.4) is 0 Å². The summed E-state index contributed by atoms with van der Waals surface area (Å²) < 4.78 is 15.9. The molecular weight excluding hydrogens is 274 g/mol. The van der Waals surface area contributed by atoms with Crippen LogP contribution in [0.25, 0.3) is 0 Å². The van der Waals surface area contributed by atoms with Gasteiger partial charge in [-0.1, -0.05) is 6.42 Å². The summed E-state index contributed by atoms with van der Waals surface area (Å²) in [7, 11) is 3.41. The molecule has 0 aromatic heterocycles. The van der Waals surface area contributed by atoms with E-state index in [0.29, 0.717) is 39.5 Å². The van der Waals surface area contributed by atoms with Crippen LogP contribution in [-0.2, 0) is 19.0 Å². The Balaban J connectivity index is 2.11. The van der Waals surface area contributed by atoms with Gasteiger partial charge in [0.1, 0.15) is 5.54 Å². The zero-order valence-electron chi connectivity index (χ0n) is 13.2. The standard InChI is InChI=1S/C15H29NO5/c1-16-15(14(17)18)7-3-5-13(15)6-10-21-12-11-20-9-4-8-19-2/h13,16H,3-12H2,1-2H3,(H,17,18). The third-order valence-electron chi connectivity index (χ3n) is 4.27. The average Bonchev–Trinajstić information content (AvgIpc) is 2.89. The van der Waals surface area contributed by atoms with Crippen molar-refractivity contribution in [1.29, 1.82) is 0 Å². The van der Waals surface area contributed by atoms with Gasteiger partial charge in [0.2, 0.25) is 0 Å². The number of hydrogen-bond donors (Lipinski definition) is 2. The molecule has 1 saturated carbocycles. The number of likely N-dealkylation sites (N-methyl/N-ethyl adjacent to an activating group) is 1. The summed E-state index contributed by atoms with van der Waals surface area (Å²) in [6.07, 6.45) is 4.27. The van der Waals surface area contributed by atoms with E-state index in [4.69, 9.17) is 14.2 Å². The van der Waals surface area contributed by atoms with E-state index in [9.17, 15) is 9.90 Å². The third-order valence-corrected chi connectivity index (χ3v) is 4.27. The minimum atomic E-state index is -0.764. The fourth-order valence-electron chi connectivity index (χ4n) is 3.04. The van der Waals surface area contributed by atoms with Crippen LogP contribution in [0, 0.1) is 5.92 Å². The van der Waals surface area contributed by atoms with Crippen molar-refractivity contribution < 1.29 is 24.1 Å². The van der Waals surface area contributed by atoms with Crippen LogP contribution in [0.5, 0.6) is 0 Å². The molecular formula is C15H29NO5. The second-order valence-corrected chi connectivity index (χ2v) is 5.48. The maximum Gasteiger partial charge on any atom is 0.324 e. The molecule has 2 N–H and O–H groups in total. The average molecular weight is 303 g/mol. The van der Waals surface area contributed by atoms with Gasteiger partial charge in [-0.3, -0.25) is 4.79 Å². The van der Waals surface area contributed by atoms with Crippen LogP contribution >= 0.6 is 0 Å². The monoisotopic (exact) mass is 303 g/mol. The van der Waals surface area contributed by atoms with Crippen molar-refractivity contribution in [3.05, 3.63) is 0 Å². The van der Waals surface area contributed by atoms with Crippen LogP contribution < -0.4 is 5.32 Å². The Hall–Kier alpha value is -0.690. The van der Waals surface area contributed by atoms with Gasteiger partial charge in [0.15, 0.2) is 0 Å². The Labute approximate surface area is 127 Å². The predicted molar refractivity (Wildman–Crippen MR) is 79.5 cm³/mol. The number of rotatable bonds is 12. The van der Waals surface area contributed by atoms with Gasteiger partial charge in [-0.25, -0.2) is 0 Å². The first-order chi connectivity index (χ1) is 10.2. The van der Waals surface area contributed by atoms with E-state index < -0.39 is 11.5 Å². The van der Waals surface area contributed by atoms with Crippen LogP contribution in [0.4, 0.5) is 0 Å². The maximum atomic E-state index is 11.5. The molecule has 0 aromatic rings. The number of carbonyl (C=O) groups is 1. The number of carboxylic acid groups (broad SMARTS) is 1. The summed E-state index contributed by atoms with van der Waals surface area (Å²) in [6, 6.07) is 0. The molecule has 0 radical (unpaired) electrons. The quantitative estimate of drug-likeness (QED) is 0.529. The molecule has 0 heterocycles. The fraction of sp³-hybridized carbons (Fsp3) is 0.933. The predicted octanol–water partition coefficient (Wildman–Crippen LogP) is 1.29. The minimum Gasteiger partial charge on any atom is -0.480 e. The van der Waals surface area contributed by atoms with Gasteiger partial charge in [0, 0.05) is 26.9 Å². The molecule has 6 nitrogen and oxygen atoms in total. The summed E-state index contributed by atoms with van der Waals surface area (Å²) >= 11 is 0. The van der Waals surface area contributed by atoms with E-state index in [1.165, 1.54) is 0 Å². The molecule has 1 aliphatic rings. The number of carboxylic acids is 1. The second kappa shape index (κ2) is 10.1. The van der Waals surface area contributed by atoms with Crippen LogP contribution in [0.15, 0.2) is 0 Å². The molecule has 0 bridgehead atoms. The second-order valence-electron chi connectivity index (χ2n) is 5.48. The lowest BCUT2D eigenvalue weighted by atomic mass is 9.85. The molecule has 2 unspecified atom stereocenters. The third kappa shape index (κ3) is 5.54. The smallest absolute Gasteiger partial charge is 0.324 e. The van der Waals surface area contributed by atoms with Crippen molar-refractivity contribution >= 4 is 5.97 Å². The summed E-state index contributed by atoms with van der Waals surface area (Å²) in [5.74, 6) is -0.600. The van der Waals surface area contributed by atoms with Gasteiger partial charge in [-0.15, -0.1) is 0 Å². The molecule has 0 aliphatic heterocycles. The highest BCUT2D eigenvalue weighted by atomic mass is 16.5. The molecule has 6 heteroatoms. The molecule has 124 valence electrons. The van der Waals surface area contributed by atoms with E-state index in [1.54, 1.807) is 14.2 Å². The summed E-state index contributed by atoms with van der Waals surface area (Å²) in [4.78, 5) is 11.5. The Morgan fingerprint density at radius 2 is 1.95 bits per heavy atom. The summed E-state index contributed by atoms with van der Waals surface area (Å²) in [6.45, 7) is 3.11. The Morgan fingerprint density at radius 3 is 2.57 bits per heavy atom. The first kappa shape index (κ1) is 18.4. The molecule has 0 amide bonds. The zero-order valence-corrected chi connectivity index (χ0v) is 13.2. The molecule has 0 spiro atoms. The highest BCUT2D eigenvalue weighted by Gasteiger charge is 2.47. The maximum absolute atomic E-state index is 11.5. The normalized spacial score (nSPS) is 25.3. The van der Waals surface area contributed by atoms with Gasteiger partial charge < -0.3 is 24.6 Å². The van der Waals surface area contributed by atoms with E-state index in [-0.39, 0.29) is 5.92 Å². The van der Waals surface area contributed by atoms with E-state index in [1.807, 2.05) is 0 Å². The van der Waals surface area contributed by atoms with E-state index >= 15 is 0 Å². The van der Waals surface area contributed by atoms with Crippen molar-refractivity contribution in [2.24, 2.45) is 5.92 Å². The van der Waals surface area contributed by atoms with Crippen LogP contribution in [-0.4, -0.2) is 63.8 Å². The summed E-state index contributed by atoms with van der Waals surface area (Å²) in [5.41, 5.74) is -0.764. The summed E-state index contributed by atoms with van der Waals surface area (Å²) in [5, 5.41) is 12.5. The first-order valence-corrected chi connectivity index (χ1v) is 7.74. The zero-order chi connectivity index (χ0) is 15.6. The van der Waals surface area contributed by atoms with Crippen molar-refractivity contribution in [1.82, 2.24) is 5.32 Å². The number of nitrogens with one attached hydrogen (secondary N) is 1. The highest BCUT2D eigenvalue weighted by Crippen LogP contribution is 2.37. The molecule has 1 aliphatic carbocycles. The lowest BCUT2D eigenvalue weighted by Crippen LogP contribution is -2.53. The Bertz CT molecular complexity index is 300. The van der Waals surface area contributed by atoms with Gasteiger partial charge in [0.25, 0.3) is 0 Å². The number of methoxy groups -OCH3 is 1. The highest BCUT2D eigenvalue weighted by molar-refractivity contribution is 5.79. The van der Waals surface area contributed by atoms with Crippen molar-refractivity contribution in [2.45, 2.75) is 37.6 Å². The first-order valence-electron chi connectivity index (χ1n) is 7.74. The Morgan fingerprint density at radius 1 is 1.24 bits per heavy atom. The fourth-order valence-corrected chi connectivity index (χ4v) is 3.04. The molecule has 1 rings (SSSR count). The SMILES string of the molecule is CNC1(C(=O)O)CCCC1CCOCCOCCCOC. The van der Waals surface area contributed by atoms with Gasteiger partial charge in [-0.2, -0.15) is 0 Å². The molecule has 1 fully saturated rings. The molecule has 0 aromatic carbocycles. The lowest BCUT2D eigenvalue weighted by Gasteiger charge is -2.30. The van der Waals surface area contributed by atoms with Crippen LogP contribution in [0.1, 0.15) is 32.1 Å². The van der Waals surface area contributed by atoms with Crippen molar-refractivity contribution in [3.63, 3.8) is 0 Å². The largest absolute Gasteiger partial charge is 0.480 e. The number of aliphatic carboxylic acids is 1. The van der Waals surface area contributed by atoms with Crippen molar-refractivity contribution in [3.8, 4) is 0 Å². The lowest BCUT2D eigenvalue weighted by molar-refractivity contribution is -0.146. The van der Waals surface area contributed by atoms with E-state index in [0.717, 1.165) is 25.7 Å². The van der Waals surface area contributed by atoms with Crippen LogP contribution in [0.2, 0.25) is 0 Å². The van der Waals surface area contributed by atoms with Gasteiger partial charge in [0.05, 0.1) is 13.2 Å².